The van der Waals surface area contributed by atoms with Crippen molar-refractivity contribution in [2.75, 3.05) is 39.8 Å². The van der Waals surface area contributed by atoms with Crippen LogP contribution < -0.4 is 5.73 Å². The molecule has 2 saturated heterocycles. The van der Waals surface area contributed by atoms with E-state index in [4.69, 9.17) is 5.73 Å². The molecule has 0 aromatic heterocycles. The van der Waals surface area contributed by atoms with Crippen LogP contribution in [-0.2, 0) is 0 Å². The molecule has 0 spiro atoms. The molecule has 2 rings (SSSR count). The van der Waals surface area contributed by atoms with Crippen LogP contribution >= 0.6 is 0 Å². The topological polar surface area (TPSA) is 32.5 Å². The Morgan fingerprint density at radius 2 is 1.59 bits per heavy atom. The molecule has 100 valence electrons. The Kier molecular flexibility index (Phi) is 5.26. The molecule has 1 unspecified atom stereocenters. The Bertz CT molecular complexity index is 204. The summed E-state index contributed by atoms with van der Waals surface area (Å²) in [6, 6.07) is 0.404. The molecule has 17 heavy (non-hydrogen) atoms. The highest BCUT2D eigenvalue weighted by Gasteiger charge is 2.24. The summed E-state index contributed by atoms with van der Waals surface area (Å²) < 4.78 is 0. The van der Waals surface area contributed by atoms with Crippen LogP contribution in [0.15, 0.2) is 0 Å². The van der Waals surface area contributed by atoms with Gasteiger partial charge in [-0.1, -0.05) is 12.8 Å². The second-order valence-electron chi connectivity index (χ2n) is 6.02. The first kappa shape index (κ1) is 13.3. The van der Waals surface area contributed by atoms with E-state index in [1.54, 1.807) is 0 Å². The SMILES string of the molecule is CN1CCC(C(N)CN2CCCCCC2)CC1. The molecule has 0 bridgehead atoms. The lowest BCUT2D eigenvalue weighted by Crippen LogP contribution is -2.46. The molecule has 0 aromatic rings. The van der Waals surface area contributed by atoms with E-state index in [1.165, 1.54) is 64.7 Å². The number of rotatable bonds is 3. The number of nitrogens with zero attached hydrogens (tertiary/aromatic N) is 2. The second-order valence-corrected chi connectivity index (χ2v) is 6.02. The van der Waals surface area contributed by atoms with Gasteiger partial charge in [0.2, 0.25) is 0 Å². The molecule has 2 heterocycles. The zero-order chi connectivity index (χ0) is 12.1. The molecule has 0 aromatic carbocycles. The van der Waals surface area contributed by atoms with Gasteiger partial charge < -0.3 is 15.5 Å². The van der Waals surface area contributed by atoms with Crippen LogP contribution in [0, 0.1) is 5.92 Å². The van der Waals surface area contributed by atoms with Crippen LogP contribution in [0.25, 0.3) is 0 Å². The van der Waals surface area contributed by atoms with Crippen molar-refractivity contribution in [3.05, 3.63) is 0 Å². The Morgan fingerprint density at radius 1 is 1.00 bits per heavy atom. The van der Waals surface area contributed by atoms with Crippen LogP contribution in [-0.4, -0.2) is 55.6 Å². The molecule has 0 radical (unpaired) electrons. The first-order valence-electron chi connectivity index (χ1n) is 7.42. The minimum absolute atomic E-state index is 0.404. The third kappa shape index (κ3) is 4.23. The first-order valence-corrected chi connectivity index (χ1v) is 7.42. The van der Waals surface area contributed by atoms with Gasteiger partial charge in [0.25, 0.3) is 0 Å². The zero-order valence-corrected chi connectivity index (χ0v) is 11.4. The van der Waals surface area contributed by atoms with Crippen molar-refractivity contribution in [1.29, 1.82) is 0 Å². The summed E-state index contributed by atoms with van der Waals surface area (Å²) in [5.41, 5.74) is 6.42. The molecule has 2 aliphatic heterocycles. The van der Waals surface area contributed by atoms with Crippen molar-refractivity contribution in [3.63, 3.8) is 0 Å². The van der Waals surface area contributed by atoms with Gasteiger partial charge in [-0.05, 0) is 64.8 Å². The predicted molar refractivity (Wildman–Crippen MR) is 73.1 cm³/mol. The fourth-order valence-electron chi connectivity index (χ4n) is 3.22. The summed E-state index contributed by atoms with van der Waals surface area (Å²) in [7, 11) is 2.22. The Morgan fingerprint density at radius 3 is 2.18 bits per heavy atom. The highest BCUT2D eigenvalue weighted by atomic mass is 15.1. The van der Waals surface area contributed by atoms with Gasteiger partial charge in [-0.15, -0.1) is 0 Å². The molecular formula is C14H29N3. The van der Waals surface area contributed by atoms with E-state index >= 15 is 0 Å². The number of likely N-dealkylation sites (tertiary alicyclic amines) is 2. The van der Waals surface area contributed by atoms with E-state index in [0.717, 1.165) is 12.5 Å². The van der Waals surface area contributed by atoms with Crippen molar-refractivity contribution in [2.45, 2.75) is 44.6 Å². The highest BCUT2D eigenvalue weighted by Crippen LogP contribution is 2.20. The maximum atomic E-state index is 6.42. The minimum Gasteiger partial charge on any atom is -0.326 e. The van der Waals surface area contributed by atoms with Crippen molar-refractivity contribution in [1.82, 2.24) is 9.80 Å². The molecule has 3 heteroatoms. The smallest absolute Gasteiger partial charge is 0.0197 e. The van der Waals surface area contributed by atoms with Gasteiger partial charge in [0.1, 0.15) is 0 Å². The van der Waals surface area contributed by atoms with Crippen LogP contribution in [0.5, 0.6) is 0 Å². The maximum Gasteiger partial charge on any atom is 0.0197 e. The lowest BCUT2D eigenvalue weighted by Gasteiger charge is -2.34. The third-order valence-electron chi connectivity index (χ3n) is 4.54. The molecule has 0 aliphatic carbocycles. The summed E-state index contributed by atoms with van der Waals surface area (Å²) in [5.74, 6) is 0.759. The zero-order valence-electron chi connectivity index (χ0n) is 11.4. The fourth-order valence-corrected chi connectivity index (χ4v) is 3.22. The highest BCUT2D eigenvalue weighted by molar-refractivity contribution is 4.81. The number of hydrogen-bond donors (Lipinski definition) is 1. The summed E-state index contributed by atoms with van der Waals surface area (Å²) in [5, 5.41) is 0. The van der Waals surface area contributed by atoms with Gasteiger partial charge in [-0.25, -0.2) is 0 Å². The van der Waals surface area contributed by atoms with E-state index in [2.05, 4.69) is 16.8 Å². The van der Waals surface area contributed by atoms with E-state index in [1.807, 2.05) is 0 Å². The average Bonchev–Trinajstić information content (AvgIpc) is 2.58. The lowest BCUT2D eigenvalue weighted by molar-refractivity contribution is 0.168. The first-order chi connectivity index (χ1) is 8.25. The Labute approximate surface area is 106 Å². The third-order valence-corrected chi connectivity index (χ3v) is 4.54. The Balaban J connectivity index is 1.73. The van der Waals surface area contributed by atoms with Gasteiger partial charge in [0, 0.05) is 12.6 Å². The van der Waals surface area contributed by atoms with E-state index < -0.39 is 0 Å². The van der Waals surface area contributed by atoms with Crippen molar-refractivity contribution >= 4 is 0 Å². The molecular weight excluding hydrogens is 210 g/mol. The average molecular weight is 239 g/mol. The molecule has 1 atom stereocenters. The predicted octanol–water partition coefficient (Wildman–Crippen LogP) is 1.53. The van der Waals surface area contributed by atoms with Crippen molar-refractivity contribution < 1.29 is 0 Å². The lowest BCUT2D eigenvalue weighted by atomic mass is 9.90. The maximum absolute atomic E-state index is 6.42. The van der Waals surface area contributed by atoms with Crippen LogP contribution in [0.3, 0.4) is 0 Å². The van der Waals surface area contributed by atoms with Gasteiger partial charge in [-0.3, -0.25) is 0 Å². The summed E-state index contributed by atoms with van der Waals surface area (Å²) in [6.07, 6.45) is 8.18. The normalized spacial score (nSPS) is 27.9. The standard InChI is InChI=1S/C14H29N3/c1-16-10-6-13(7-11-16)14(15)12-17-8-4-2-3-5-9-17/h13-14H,2-12,15H2,1H3. The number of hydrogen-bond acceptors (Lipinski definition) is 3. The molecule has 2 N–H and O–H groups in total. The number of piperidine rings is 1. The molecule has 2 aliphatic rings. The van der Waals surface area contributed by atoms with Gasteiger partial charge >= 0.3 is 0 Å². The van der Waals surface area contributed by atoms with E-state index in [0.29, 0.717) is 6.04 Å². The van der Waals surface area contributed by atoms with Gasteiger partial charge in [-0.2, -0.15) is 0 Å². The summed E-state index contributed by atoms with van der Waals surface area (Å²) in [6.45, 7) is 6.16. The summed E-state index contributed by atoms with van der Waals surface area (Å²) in [4.78, 5) is 5.03. The van der Waals surface area contributed by atoms with E-state index in [9.17, 15) is 0 Å². The summed E-state index contributed by atoms with van der Waals surface area (Å²) >= 11 is 0. The van der Waals surface area contributed by atoms with Crippen molar-refractivity contribution in [3.8, 4) is 0 Å². The van der Waals surface area contributed by atoms with Gasteiger partial charge in [0.05, 0.1) is 0 Å². The largest absolute Gasteiger partial charge is 0.326 e. The fraction of sp³-hybridized carbons (Fsp3) is 1.00. The number of nitrogens with two attached hydrogens (primary N) is 1. The quantitative estimate of drug-likeness (QED) is 0.811. The minimum atomic E-state index is 0.404. The second kappa shape index (κ2) is 6.72. The molecule has 0 amide bonds. The van der Waals surface area contributed by atoms with Gasteiger partial charge in [0.15, 0.2) is 0 Å². The molecule has 0 saturated carbocycles. The monoisotopic (exact) mass is 239 g/mol. The van der Waals surface area contributed by atoms with E-state index in [-0.39, 0.29) is 0 Å². The molecule has 3 nitrogen and oxygen atoms in total. The van der Waals surface area contributed by atoms with Crippen LogP contribution in [0.2, 0.25) is 0 Å². The van der Waals surface area contributed by atoms with Crippen molar-refractivity contribution in [2.24, 2.45) is 11.7 Å². The molecule has 2 fully saturated rings. The van der Waals surface area contributed by atoms with Crippen LogP contribution in [0.1, 0.15) is 38.5 Å². The Hall–Kier alpha value is -0.120. The van der Waals surface area contributed by atoms with Crippen LogP contribution in [0.4, 0.5) is 0 Å².